The Morgan fingerprint density at radius 1 is 1.18 bits per heavy atom. The van der Waals surface area contributed by atoms with E-state index in [1.807, 2.05) is 0 Å². The number of hydrogen-bond donors (Lipinski definition) is 0. The summed E-state index contributed by atoms with van der Waals surface area (Å²) in [5, 5.41) is 0. The molecule has 0 heteroatoms. The molecular weight excluding hydrogens is 132 g/mol. The van der Waals surface area contributed by atoms with E-state index in [1.54, 1.807) is 0 Å². The normalized spacial score (nSPS) is 43.6. The zero-order valence-electron chi connectivity index (χ0n) is 8.48. The Bertz CT molecular complexity index is 118. The van der Waals surface area contributed by atoms with Crippen molar-refractivity contribution in [2.45, 2.75) is 53.4 Å². The summed E-state index contributed by atoms with van der Waals surface area (Å²) in [4.78, 5) is 0. The van der Waals surface area contributed by atoms with Crippen molar-refractivity contribution in [3.8, 4) is 0 Å². The van der Waals surface area contributed by atoms with E-state index in [9.17, 15) is 0 Å². The average molecular weight is 154 g/mol. The first kappa shape index (κ1) is 9.09. The second-order valence-corrected chi connectivity index (χ2v) is 4.37. The fraction of sp³-hybridized carbons (Fsp3) is 1.00. The van der Waals surface area contributed by atoms with Crippen LogP contribution in [0.15, 0.2) is 0 Å². The van der Waals surface area contributed by atoms with E-state index in [0.717, 1.165) is 17.3 Å². The molecule has 1 aliphatic carbocycles. The van der Waals surface area contributed by atoms with Crippen molar-refractivity contribution >= 4 is 0 Å². The molecule has 11 heavy (non-hydrogen) atoms. The minimum absolute atomic E-state index is 0.731. The molecule has 0 saturated heterocycles. The van der Waals surface area contributed by atoms with Crippen molar-refractivity contribution < 1.29 is 0 Å². The third kappa shape index (κ3) is 1.21. The zero-order chi connectivity index (χ0) is 8.48. The molecule has 0 radical (unpaired) electrons. The van der Waals surface area contributed by atoms with Gasteiger partial charge < -0.3 is 0 Å². The summed E-state index contributed by atoms with van der Waals surface area (Å²) < 4.78 is 0. The van der Waals surface area contributed by atoms with E-state index in [1.165, 1.54) is 25.7 Å². The molecule has 1 aliphatic rings. The SMILES string of the molecule is CCCC1(CC)C(C)CC1C. The molecule has 0 spiro atoms. The smallest absolute Gasteiger partial charge is 0.0249 e. The fourth-order valence-corrected chi connectivity index (χ4v) is 3.16. The van der Waals surface area contributed by atoms with Gasteiger partial charge in [0.15, 0.2) is 0 Å². The highest BCUT2D eigenvalue weighted by atomic mass is 14.5. The molecule has 66 valence electrons. The van der Waals surface area contributed by atoms with E-state index < -0.39 is 0 Å². The highest BCUT2D eigenvalue weighted by Gasteiger charge is 2.47. The van der Waals surface area contributed by atoms with E-state index in [0.29, 0.717) is 0 Å². The molecule has 0 aliphatic heterocycles. The maximum Gasteiger partial charge on any atom is -0.0249 e. The first-order valence-electron chi connectivity index (χ1n) is 5.17. The van der Waals surface area contributed by atoms with Crippen LogP contribution in [0.25, 0.3) is 0 Å². The number of rotatable bonds is 3. The van der Waals surface area contributed by atoms with Crippen LogP contribution < -0.4 is 0 Å². The van der Waals surface area contributed by atoms with Crippen molar-refractivity contribution in [2.24, 2.45) is 17.3 Å². The molecule has 0 heterocycles. The van der Waals surface area contributed by atoms with Crippen LogP contribution in [0.1, 0.15) is 53.4 Å². The van der Waals surface area contributed by atoms with Gasteiger partial charge in [0.2, 0.25) is 0 Å². The number of hydrogen-bond acceptors (Lipinski definition) is 0. The van der Waals surface area contributed by atoms with Gasteiger partial charge in [-0.25, -0.2) is 0 Å². The monoisotopic (exact) mass is 154 g/mol. The van der Waals surface area contributed by atoms with Crippen molar-refractivity contribution in [2.75, 3.05) is 0 Å². The van der Waals surface area contributed by atoms with Crippen LogP contribution in [0.3, 0.4) is 0 Å². The first-order valence-corrected chi connectivity index (χ1v) is 5.17. The molecule has 0 aromatic rings. The van der Waals surface area contributed by atoms with Gasteiger partial charge in [-0.15, -0.1) is 0 Å². The van der Waals surface area contributed by atoms with Gasteiger partial charge in [-0.2, -0.15) is 0 Å². The zero-order valence-corrected chi connectivity index (χ0v) is 8.48. The molecular formula is C11H22. The second-order valence-electron chi connectivity index (χ2n) is 4.37. The van der Waals surface area contributed by atoms with E-state index >= 15 is 0 Å². The van der Waals surface area contributed by atoms with Crippen molar-refractivity contribution in [1.29, 1.82) is 0 Å². The maximum absolute atomic E-state index is 2.43. The van der Waals surface area contributed by atoms with E-state index in [2.05, 4.69) is 27.7 Å². The molecule has 0 amide bonds. The minimum Gasteiger partial charge on any atom is -0.0654 e. The van der Waals surface area contributed by atoms with Crippen LogP contribution >= 0.6 is 0 Å². The third-order valence-electron chi connectivity index (χ3n) is 4.04. The fourth-order valence-electron chi connectivity index (χ4n) is 3.16. The van der Waals surface area contributed by atoms with Crippen LogP contribution in [-0.2, 0) is 0 Å². The Morgan fingerprint density at radius 3 is 1.91 bits per heavy atom. The van der Waals surface area contributed by atoms with Gasteiger partial charge in [-0.05, 0) is 36.5 Å². The Morgan fingerprint density at radius 2 is 1.73 bits per heavy atom. The van der Waals surface area contributed by atoms with Gasteiger partial charge in [-0.1, -0.05) is 34.1 Å². The molecule has 0 bridgehead atoms. The largest absolute Gasteiger partial charge is 0.0654 e. The highest BCUT2D eigenvalue weighted by molar-refractivity contribution is 4.96. The average Bonchev–Trinajstić information content (AvgIpc) is 2.00. The van der Waals surface area contributed by atoms with Gasteiger partial charge in [0.05, 0.1) is 0 Å². The lowest BCUT2D eigenvalue weighted by molar-refractivity contribution is -0.0446. The standard InChI is InChI=1S/C11H22/c1-5-7-11(6-2)9(3)8-10(11)4/h9-10H,5-8H2,1-4H3. The van der Waals surface area contributed by atoms with Crippen molar-refractivity contribution in [1.82, 2.24) is 0 Å². The Labute approximate surface area is 71.4 Å². The summed E-state index contributed by atoms with van der Waals surface area (Å²) in [6, 6.07) is 0. The molecule has 0 nitrogen and oxygen atoms in total. The Hall–Kier alpha value is 0. The summed E-state index contributed by atoms with van der Waals surface area (Å²) in [7, 11) is 0. The van der Waals surface area contributed by atoms with Gasteiger partial charge in [0.1, 0.15) is 0 Å². The third-order valence-corrected chi connectivity index (χ3v) is 4.04. The van der Waals surface area contributed by atoms with Crippen molar-refractivity contribution in [3.63, 3.8) is 0 Å². The van der Waals surface area contributed by atoms with Crippen LogP contribution in [-0.4, -0.2) is 0 Å². The topological polar surface area (TPSA) is 0 Å². The van der Waals surface area contributed by atoms with E-state index in [4.69, 9.17) is 0 Å². The molecule has 0 N–H and O–H groups in total. The summed E-state index contributed by atoms with van der Waals surface area (Å²) in [6.07, 6.45) is 5.67. The van der Waals surface area contributed by atoms with Crippen LogP contribution in [0, 0.1) is 17.3 Å². The van der Waals surface area contributed by atoms with Gasteiger partial charge in [-0.3, -0.25) is 0 Å². The molecule has 0 aromatic heterocycles. The lowest BCUT2D eigenvalue weighted by Crippen LogP contribution is -2.45. The first-order chi connectivity index (χ1) is 5.17. The molecule has 1 rings (SSSR count). The van der Waals surface area contributed by atoms with Gasteiger partial charge in [0.25, 0.3) is 0 Å². The summed E-state index contributed by atoms with van der Waals surface area (Å²) in [6.45, 7) is 9.54. The van der Waals surface area contributed by atoms with Crippen LogP contribution in [0.5, 0.6) is 0 Å². The van der Waals surface area contributed by atoms with Crippen molar-refractivity contribution in [3.05, 3.63) is 0 Å². The molecule has 1 fully saturated rings. The Kier molecular flexibility index (Phi) is 2.61. The summed E-state index contributed by atoms with van der Waals surface area (Å²) in [5.41, 5.74) is 0.731. The highest BCUT2D eigenvalue weighted by Crippen LogP contribution is 2.56. The molecule has 2 atom stereocenters. The summed E-state index contributed by atoms with van der Waals surface area (Å²) >= 11 is 0. The predicted molar refractivity (Wildman–Crippen MR) is 50.6 cm³/mol. The minimum atomic E-state index is 0.731. The van der Waals surface area contributed by atoms with E-state index in [-0.39, 0.29) is 0 Å². The van der Waals surface area contributed by atoms with Crippen LogP contribution in [0.2, 0.25) is 0 Å². The lowest BCUT2D eigenvalue weighted by atomic mass is 9.51. The molecule has 0 aromatic carbocycles. The second kappa shape index (κ2) is 3.16. The Balaban J connectivity index is 2.58. The van der Waals surface area contributed by atoms with Gasteiger partial charge >= 0.3 is 0 Å². The van der Waals surface area contributed by atoms with Crippen LogP contribution in [0.4, 0.5) is 0 Å². The molecule has 1 saturated carbocycles. The summed E-state index contributed by atoms with van der Waals surface area (Å²) in [5.74, 6) is 1.98. The lowest BCUT2D eigenvalue weighted by Gasteiger charge is -2.54. The quantitative estimate of drug-likeness (QED) is 0.579. The maximum atomic E-state index is 2.43. The van der Waals surface area contributed by atoms with Gasteiger partial charge in [0, 0.05) is 0 Å². The predicted octanol–water partition coefficient (Wildman–Crippen LogP) is 3.86. The molecule has 2 unspecified atom stereocenters.